The van der Waals surface area contributed by atoms with Gasteiger partial charge < -0.3 is 14.4 Å². The fourth-order valence-corrected chi connectivity index (χ4v) is 5.22. The minimum Gasteiger partial charge on any atom is -0.493 e. The molecule has 1 fully saturated rings. The van der Waals surface area contributed by atoms with Crippen LogP contribution in [0.15, 0.2) is 54.6 Å². The fraction of sp³-hybridized carbons (Fsp3) is 0.300. The summed E-state index contributed by atoms with van der Waals surface area (Å²) in [6.45, 7) is 2.09. The third-order valence-electron chi connectivity index (χ3n) is 4.62. The van der Waals surface area contributed by atoms with E-state index in [4.69, 9.17) is 21.7 Å². The molecule has 1 amide bonds. The molecular weight excluding hydrogens is 382 g/mol. The maximum Gasteiger partial charge on any atom is 0.255 e. The largest absolute Gasteiger partial charge is 0.493 e. The molecule has 2 aromatic carbocycles. The van der Waals surface area contributed by atoms with Gasteiger partial charge in [0.2, 0.25) is 0 Å². The monoisotopic (exact) mass is 403 g/mol. The quantitative estimate of drug-likeness (QED) is 0.694. The smallest absolute Gasteiger partial charge is 0.255 e. The standard InChI is InChI=1S/C20H21NO4S2/c1-15(26)20(14-25-18-11-7-6-10-17(18)24-2)21(12-13-27(20)23)19(22)16-8-4-3-5-9-16/h3-11H,12-14H2,1-2H3. The van der Waals surface area contributed by atoms with Crippen molar-refractivity contribution in [1.29, 1.82) is 0 Å². The molecule has 0 N–H and O–H groups in total. The summed E-state index contributed by atoms with van der Waals surface area (Å²) in [6.07, 6.45) is 0. The van der Waals surface area contributed by atoms with Gasteiger partial charge in [0.1, 0.15) is 6.61 Å². The van der Waals surface area contributed by atoms with E-state index in [2.05, 4.69) is 0 Å². The Balaban J connectivity index is 1.93. The molecule has 5 nitrogen and oxygen atoms in total. The van der Waals surface area contributed by atoms with Crippen LogP contribution in [0, 0.1) is 0 Å². The topological polar surface area (TPSA) is 55.8 Å². The number of carbonyl (C=O) groups is 1. The zero-order valence-electron chi connectivity index (χ0n) is 15.2. The Kier molecular flexibility index (Phi) is 5.92. The molecule has 0 spiro atoms. The summed E-state index contributed by atoms with van der Waals surface area (Å²) >= 11 is 5.47. The molecule has 0 bridgehead atoms. The summed E-state index contributed by atoms with van der Waals surface area (Å²) in [5.41, 5.74) is 0.536. The van der Waals surface area contributed by atoms with E-state index in [0.717, 1.165) is 0 Å². The average Bonchev–Trinajstić information content (AvgIpc) is 3.04. The molecule has 0 radical (unpaired) electrons. The van der Waals surface area contributed by atoms with Crippen molar-refractivity contribution in [3.63, 3.8) is 0 Å². The van der Waals surface area contributed by atoms with Crippen molar-refractivity contribution in [2.45, 2.75) is 11.8 Å². The Labute approximate surface area is 166 Å². The van der Waals surface area contributed by atoms with E-state index in [-0.39, 0.29) is 12.5 Å². The molecule has 1 heterocycles. The summed E-state index contributed by atoms with van der Waals surface area (Å²) in [4.78, 5) is 14.0. The highest BCUT2D eigenvalue weighted by atomic mass is 32.2. The molecule has 1 saturated heterocycles. The highest BCUT2D eigenvalue weighted by molar-refractivity contribution is 7.90. The molecule has 0 aromatic heterocycles. The Morgan fingerprint density at radius 3 is 2.41 bits per heavy atom. The van der Waals surface area contributed by atoms with E-state index in [9.17, 15) is 9.00 Å². The molecule has 2 unspecified atom stereocenters. The van der Waals surface area contributed by atoms with Gasteiger partial charge in [-0.2, -0.15) is 0 Å². The number of hydrogen-bond acceptors (Lipinski definition) is 5. The van der Waals surface area contributed by atoms with Crippen molar-refractivity contribution in [2.24, 2.45) is 0 Å². The Morgan fingerprint density at radius 1 is 1.15 bits per heavy atom. The van der Waals surface area contributed by atoms with Crippen molar-refractivity contribution in [3.05, 3.63) is 60.2 Å². The van der Waals surface area contributed by atoms with E-state index in [0.29, 0.717) is 34.2 Å². The number of methoxy groups -OCH3 is 1. The van der Waals surface area contributed by atoms with Crippen LogP contribution >= 0.6 is 12.2 Å². The number of carbonyl (C=O) groups excluding carboxylic acids is 1. The molecule has 142 valence electrons. The van der Waals surface area contributed by atoms with Crippen LogP contribution < -0.4 is 9.47 Å². The fourth-order valence-electron chi connectivity index (χ4n) is 3.16. The van der Waals surface area contributed by atoms with Crippen LogP contribution in [-0.2, 0) is 10.8 Å². The lowest BCUT2D eigenvalue weighted by Gasteiger charge is -2.36. The summed E-state index contributed by atoms with van der Waals surface area (Å²) in [5.74, 6) is 1.25. The van der Waals surface area contributed by atoms with Crippen LogP contribution in [0.5, 0.6) is 11.5 Å². The predicted molar refractivity (Wildman–Crippen MR) is 110 cm³/mol. The molecule has 3 rings (SSSR count). The molecule has 2 aromatic rings. The van der Waals surface area contributed by atoms with Gasteiger partial charge in [-0.1, -0.05) is 42.5 Å². The highest BCUT2D eigenvalue weighted by Crippen LogP contribution is 2.33. The molecule has 2 atom stereocenters. The zero-order chi connectivity index (χ0) is 19.4. The zero-order valence-corrected chi connectivity index (χ0v) is 16.8. The number of amides is 1. The summed E-state index contributed by atoms with van der Waals surface area (Å²) < 4.78 is 24.3. The Morgan fingerprint density at radius 2 is 1.78 bits per heavy atom. The lowest BCUT2D eigenvalue weighted by Crippen LogP contribution is -2.57. The van der Waals surface area contributed by atoms with E-state index in [1.54, 1.807) is 55.3 Å². The van der Waals surface area contributed by atoms with Gasteiger partial charge in [-0.15, -0.1) is 0 Å². The minimum atomic E-state index is -1.36. The third-order valence-corrected chi connectivity index (χ3v) is 7.04. The number of nitrogens with zero attached hydrogens (tertiary/aromatic N) is 1. The molecule has 1 aliphatic rings. The van der Waals surface area contributed by atoms with Crippen LogP contribution in [0.3, 0.4) is 0 Å². The Bertz CT molecular complexity index is 871. The number of benzene rings is 2. The molecular formula is C20H21NO4S2. The molecule has 27 heavy (non-hydrogen) atoms. The van der Waals surface area contributed by atoms with Gasteiger partial charge in [0.25, 0.3) is 5.91 Å². The average molecular weight is 404 g/mol. The lowest BCUT2D eigenvalue weighted by molar-refractivity contribution is 0.0680. The SMILES string of the molecule is COc1ccccc1OCC1(C(C)=S)N(C(=O)c2ccccc2)CCS1=O. The van der Waals surface area contributed by atoms with Gasteiger partial charge in [-0.05, 0) is 31.2 Å². The first kappa shape index (κ1) is 19.5. The van der Waals surface area contributed by atoms with Gasteiger partial charge in [-0.25, -0.2) is 0 Å². The van der Waals surface area contributed by atoms with E-state index >= 15 is 0 Å². The lowest BCUT2D eigenvalue weighted by atomic mass is 10.1. The van der Waals surface area contributed by atoms with Crippen LogP contribution in [0.2, 0.25) is 0 Å². The molecule has 7 heteroatoms. The van der Waals surface area contributed by atoms with Crippen LogP contribution in [0.25, 0.3) is 0 Å². The molecule has 1 aliphatic heterocycles. The summed E-state index contributed by atoms with van der Waals surface area (Å²) in [6, 6.07) is 16.2. The second-order valence-corrected chi connectivity index (χ2v) is 8.54. The highest BCUT2D eigenvalue weighted by Gasteiger charge is 2.52. The maximum absolute atomic E-state index is 13.1. The van der Waals surface area contributed by atoms with Crippen molar-refractivity contribution in [3.8, 4) is 11.5 Å². The number of hydrogen-bond donors (Lipinski definition) is 0. The van der Waals surface area contributed by atoms with Crippen molar-refractivity contribution < 1.29 is 18.5 Å². The van der Waals surface area contributed by atoms with Crippen molar-refractivity contribution in [2.75, 3.05) is 26.0 Å². The van der Waals surface area contributed by atoms with Gasteiger partial charge in [0.15, 0.2) is 16.4 Å². The van der Waals surface area contributed by atoms with Gasteiger partial charge in [0, 0.05) is 22.7 Å². The normalized spacial score (nSPS) is 21.7. The molecule has 0 saturated carbocycles. The maximum atomic E-state index is 13.1. The number of thiocarbonyl (C=S) groups is 1. The first-order chi connectivity index (χ1) is 13.0. The van der Waals surface area contributed by atoms with Crippen LogP contribution in [0.1, 0.15) is 17.3 Å². The second-order valence-electron chi connectivity index (χ2n) is 6.15. The van der Waals surface area contributed by atoms with E-state index in [1.165, 1.54) is 0 Å². The van der Waals surface area contributed by atoms with Gasteiger partial charge in [0.05, 0.1) is 17.9 Å². The summed E-state index contributed by atoms with van der Waals surface area (Å²) in [5, 5.41) is 0. The van der Waals surface area contributed by atoms with Crippen molar-refractivity contribution in [1.82, 2.24) is 4.90 Å². The summed E-state index contributed by atoms with van der Waals surface area (Å²) in [7, 11) is 0.199. The number of rotatable bonds is 6. The van der Waals surface area contributed by atoms with Crippen LogP contribution in [-0.4, -0.2) is 50.8 Å². The first-order valence-corrected chi connectivity index (χ1v) is 10.3. The minimum absolute atomic E-state index is 0.00783. The third kappa shape index (κ3) is 3.61. The van der Waals surface area contributed by atoms with Gasteiger partial charge in [-0.3, -0.25) is 9.00 Å². The Hall–Kier alpha value is -2.25. The predicted octanol–water partition coefficient (Wildman–Crippen LogP) is 3.06. The molecule has 0 aliphatic carbocycles. The number of ether oxygens (including phenoxy) is 2. The van der Waals surface area contributed by atoms with E-state index < -0.39 is 15.7 Å². The van der Waals surface area contributed by atoms with Crippen LogP contribution in [0.4, 0.5) is 0 Å². The number of para-hydroxylation sites is 2. The van der Waals surface area contributed by atoms with E-state index in [1.807, 2.05) is 18.2 Å². The second kappa shape index (κ2) is 8.19. The first-order valence-electron chi connectivity index (χ1n) is 8.53. The van der Waals surface area contributed by atoms with Gasteiger partial charge >= 0.3 is 0 Å². The van der Waals surface area contributed by atoms with Crippen molar-refractivity contribution >= 4 is 33.8 Å².